The Bertz CT molecular complexity index is 407. The second-order valence-electron chi connectivity index (χ2n) is 4.19. The Kier molecular flexibility index (Phi) is 5.54. The van der Waals surface area contributed by atoms with Gasteiger partial charge in [-0.25, -0.2) is 8.42 Å². The van der Waals surface area contributed by atoms with E-state index in [1.54, 1.807) is 0 Å². The zero-order chi connectivity index (χ0) is 13.6. The fourth-order valence-electron chi connectivity index (χ4n) is 1.67. The molecule has 104 valence electrons. The third-order valence-corrected chi connectivity index (χ3v) is 4.50. The minimum absolute atomic E-state index is 0.117. The molecule has 0 atom stereocenters. The highest BCUT2D eigenvalue weighted by Gasteiger charge is 2.27. The van der Waals surface area contributed by atoms with Crippen LogP contribution in [-0.4, -0.2) is 56.5 Å². The van der Waals surface area contributed by atoms with Crippen molar-refractivity contribution in [3.63, 3.8) is 0 Å². The van der Waals surface area contributed by atoms with E-state index in [9.17, 15) is 18.0 Å². The summed E-state index contributed by atoms with van der Waals surface area (Å²) >= 11 is 0. The molecule has 0 bridgehead atoms. The van der Waals surface area contributed by atoms with Crippen LogP contribution < -0.4 is 10.6 Å². The number of carbonyl (C=O) groups is 2. The number of hydrogen-bond acceptors (Lipinski definition) is 4. The van der Waals surface area contributed by atoms with Crippen LogP contribution >= 0.6 is 0 Å². The molecular weight excluding hydrogens is 258 g/mol. The lowest BCUT2D eigenvalue weighted by molar-refractivity contribution is -0.122. The Morgan fingerprint density at radius 3 is 2.44 bits per heavy atom. The van der Waals surface area contributed by atoms with Crippen LogP contribution in [0.3, 0.4) is 0 Å². The minimum atomic E-state index is -3.26. The lowest BCUT2D eigenvalue weighted by Gasteiger charge is -2.25. The number of nitrogens with zero attached hydrogens (tertiary/aromatic N) is 1. The number of rotatable bonds is 5. The summed E-state index contributed by atoms with van der Waals surface area (Å²) in [5.41, 5.74) is 0. The largest absolute Gasteiger partial charge is 0.355 e. The van der Waals surface area contributed by atoms with Gasteiger partial charge in [-0.05, 0) is 12.8 Å². The monoisotopic (exact) mass is 277 g/mol. The first-order valence-electron chi connectivity index (χ1n) is 5.91. The van der Waals surface area contributed by atoms with Gasteiger partial charge in [0.05, 0.1) is 12.3 Å². The van der Waals surface area contributed by atoms with Gasteiger partial charge in [-0.2, -0.15) is 4.31 Å². The van der Waals surface area contributed by atoms with Crippen molar-refractivity contribution in [2.75, 3.05) is 31.9 Å². The Morgan fingerprint density at radius 1 is 1.17 bits per heavy atom. The van der Waals surface area contributed by atoms with E-state index in [1.807, 2.05) is 0 Å². The van der Waals surface area contributed by atoms with Crippen molar-refractivity contribution in [3.05, 3.63) is 0 Å². The van der Waals surface area contributed by atoms with Crippen molar-refractivity contribution in [1.82, 2.24) is 14.9 Å². The van der Waals surface area contributed by atoms with Gasteiger partial charge in [0.15, 0.2) is 0 Å². The molecule has 0 unspecified atom stereocenters. The smallest absolute Gasteiger partial charge is 0.235 e. The van der Waals surface area contributed by atoms with Gasteiger partial charge in [-0.1, -0.05) is 0 Å². The van der Waals surface area contributed by atoms with Gasteiger partial charge in [-0.3, -0.25) is 9.59 Å². The lowest BCUT2D eigenvalue weighted by atomic mass is 10.3. The highest BCUT2D eigenvalue weighted by molar-refractivity contribution is 7.89. The molecule has 1 saturated heterocycles. The molecule has 1 aliphatic rings. The van der Waals surface area contributed by atoms with Crippen molar-refractivity contribution in [3.8, 4) is 0 Å². The van der Waals surface area contributed by atoms with Crippen LogP contribution in [0.25, 0.3) is 0 Å². The molecule has 18 heavy (non-hydrogen) atoms. The predicted molar refractivity (Wildman–Crippen MR) is 66.3 cm³/mol. The molecule has 2 amide bonds. The molecule has 1 aliphatic heterocycles. The maximum absolute atomic E-state index is 11.6. The van der Waals surface area contributed by atoms with Gasteiger partial charge in [-0.15, -0.1) is 0 Å². The molecule has 1 rings (SSSR count). The first kappa shape index (κ1) is 14.9. The van der Waals surface area contributed by atoms with E-state index in [0.717, 1.165) is 6.42 Å². The maximum atomic E-state index is 11.6. The van der Waals surface area contributed by atoms with E-state index in [-0.39, 0.29) is 24.1 Å². The second-order valence-corrected chi connectivity index (χ2v) is 6.28. The van der Waals surface area contributed by atoms with Crippen LogP contribution in [-0.2, 0) is 19.6 Å². The predicted octanol–water partition coefficient (Wildman–Crippen LogP) is -1.34. The Balaban J connectivity index is 2.29. The van der Waals surface area contributed by atoms with Crippen molar-refractivity contribution in [2.45, 2.75) is 19.8 Å². The third kappa shape index (κ3) is 5.01. The Morgan fingerprint density at radius 2 is 1.83 bits per heavy atom. The van der Waals surface area contributed by atoms with Gasteiger partial charge in [0.2, 0.25) is 21.8 Å². The average molecular weight is 277 g/mol. The summed E-state index contributed by atoms with van der Waals surface area (Å²) in [4.78, 5) is 22.1. The van der Waals surface area contributed by atoms with Crippen LogP contribution in [0.1, 0.15) is 19.8 Å². The summed E-state index contributed by atoms with van der Waals surface area (Å²) < 4.78 is 24.5. The van der Waals surface area contributed by atoms with Crippen LogP contribution in [0.5, 0.6) is 0 Å². The number of amides is 2. The van der Waals surface area contributed by atoms with Gasteiger partial charge < -0.3 is 10.6 Å². The molecule has 0 spiro atoms. The Hall–Kier alpha value is -1.15. The first-order chi connectivity index (χ1) is 8.42. The third-order valence-electron chi connectivity index (χ3n) is 2.59. The molecule has 0 aromatic carbocycles. The summed E-state index contributed by atoms with van der Waals surface area (Å²) in [5.74, 6) is -0.389. The topological polar surface area (TPSA) is 95.6 Å². The molecule has 2 N–H and O–H groups in total. The summed E-state index contributed by atoms with van der Waals surface area (Å²) in [6, 6.07) is 0. The lowest BCUT2D eigenvalue weighted by Crippen LogP contribution is -2.45. The molecule has 1 fully saturated rings. The SMILES string of the molecule is CC(=O)NCCNC(=O)CN1CCCCS1(=O)=O. The average Bonchev–Trinajstić information content (AvgIpc) is 2.27. The van der Waals surface area contributed by atoms with Crippen molar-refractivity contribution >= 4 is 21.8 Å². The summed E-state index contributed by atoms with van der Waals surface area (Å²) in [6.07, 6.45) is 1.45. The molecule has 8 heteroatoms. The summed E-state index contributed by atoms with van der Waals surface area (Å²) in [5, 5.41) is 5.10. The quantitative estimate of drug-likeness (QED) is 0.608. The van der Waals surface area contributed by atoms with E-state index in [1.165, 1.54) is 11.2 Å². The molecule has 0 saturated carbocycles. The molecular formula is C10H19N3O4S. The normalized spacial score (nSPS) is 19.2. The number of sulfonamides is 1. The molecule has 0 radical (unpaired) electrons. The number of carbonyl (C=O) groups excluding carboxylic acids is 2. The highest BCUT2D eigenvalue weighted by atomic mass is 32.2. The second kappa shape index (κ2) is 6.69. The van der Waals surface area contributed by atoms with E-state index in [4.69, 9.17) is 0 Å². The number of nitrogens with one attached hydrogen (secondary N) is 2. The molecule has 7 nitrogen and oxygen atoms in total. The number of hydrogen-bond donors (Lipinski definition) is 2. The molecule has 1 heterocycles. The first-order valence-corrected chi connectivity index (χ1v) is 7.52. The molecule has 0 aliphatic carbocycles. The van der Waals surface area contributed by atoms with Gasteiger partial charge >= 0.3 is 0 Å². The van der Waals surface area contributed by atoms with Crippen molar-refractivity contribution in [1.29, 1.82) is 0 Å². The van der Waals surface area contributed by atoms with Crippen LogP contribution in [0.4, 0.5) is 0 Å². The summed E-state index contributed by atoms with van der Waals surface area (Å²) in [7, 11) is -3.26. The Labute approximate surface area is 107 Å². The van der Waals surface area contributed by atoms with Gasteiger partial charge in [0.1, 0.15) is 0 Å². The van der Waals surface area contributed by atoms with E-state index in [0.29, 0.717) is 26.1 Å². The van der Waals surface area contributed by atoms with E-state index in [2.05, 4.69) is 10.6 Å². The van der Waals surface area contributed by atoms with Crippen LogP contribution in [0.15, 0.2) is 0 Å². The molecule has 0 aromatic rings. The molecule has 0 aromatic heterocycles. The van der Waals surface area contributed by atoms with Crippen molar-refractivity contribution < 1.29 is 18.0 Å². The zero-order valence-corrected chi connectivity index (χ0v) is 11.3. The highest BCUT2D eigenvalue weighted by Crippen LogP contribution is 2.12. The van der Waals surface area contributed by atoms with Crippen LogP contribution in [0, 0.1) is 0 Å². The fourth-order valence-corrected chi connectivity index (χ4v) is 3.22. The minimum Gasteiger partial charge on any atom is -0.355 e. The van der Waals surface area contributed by atoms with E-state index >= 15 is 0 Å². The fraction of sp³-hybridized carbons (Fsp3) is 0.800. The summed E-state index contributed by atoms with van der Waals surface area (Å²) in [6.45, 7) is 2.30. The van der Waals surface area contributed by atoms with Gasteiger partial charge in [0.25, 0.3) is 0 Å². The van der Waals surface area contributed by atoms with Gasteiger partial charge in [0, 0.05) is 26.6 Å². The maximum Gasteiger partial charge on any atom is 0.235 e. The standard InChI is InChI=1S/C10H19N3O4S/c1-9(14)11-4-5-12-10(15)8-13-6-2-3-7-18(13,16)17/h2-8H2,1H3,(H,11,14)(H,12,15). The van der Waals surface area contributed by atoms with Crippen LogP contribution in [0.2, 0.25) is 0 Å². The zero-order valence-electron chi connectivity index (χ0n) is 10.4. The van der Waals surface area contributed by atoms with E-state index < -0.39 is 10.0 Å². The van der Waals surface area contributed by atoms with Crippen molar-refractivity contribution in [2.24, 2.45) is 0 Å².